The molecule has 0 aromatic heterocycles. The highest BCUT2D eigenvalue weighted by Gasteiger charge is 2.22. The van der Waals surface area contributed by atoms with Gasteiger partial charge in [0.25, 0.3) is 0 Å². The van der Waals surface area contributed by atoms with Crippen LogP contribution in [0.5, 0.6) is 0 Å². The molecule has 1 radical (unpaired) electrons. The zero-order chi connectivity index (χ0) is 8.27. The average Bonchev–Trinajstić information content (AvgIpc) is 2.05. The van der Waals surface area contributed by atoms with Crippen LogP contribution in [0.2, 0.25) is 6.82 Å². The van der Waals surface area contributed by atoms with Gasteiger partial charge in [0.1, 0.15) is 0 Å². The first-order chi connectivity index (χ1) is 5.24. The molecule has 1 unspecified atom stereocenters. The number of carbonyl (C=O) groups excluding carboxylic acids is 1. The number of primary amides is 1. The third kappa shape index (κ3) is 2.22. The molecular weight excluding hydrogens is 139 g/mol. The van der Waals surface area contributed by atoms with Crippen LogP contribution in [0.4, 0.5) is 0 Å². The predicted molar refractivity (Wildman–Crippen MR) is 45.1 cm³/mol. The Bertz CT molecular complexity index is 151. The highest BCUT2D eigenvalue weighted by molar-refractivity contribution is 6.29. The van der Waals surface area contributed by atoms with E-state index >= 15 is 0 Å². The Hall–Kier alpha value is -0.505. The smallest absolute Gasteiger partial charge is 0.221 e. The fourth-order valence-corrected chi connectivity index (χ4v) is 1.47. The number of hydrogen-bond donors (Lipinski definition) is 1. The van der Waals surface area contributed by atoms with E-state index in [4.69, 9.17) is 5.73 Å². The van der Waals surface area contributed by atoms with Gasteiger partial charge in [-0.15, -0.1) is 0 Å². The third-order valence-electron chi connectivity index (χ3n) is 2.22. The number of nitrogens with zero attached hydrogens (tertiary/aromatic N) is 1. The van der Waals surface area contributed by atoms with Crippen LogP contribution < -0.4 is 5.73 Å². The van der Waals surface area contributed by atoms with Crippen LogP contribution in [-0.2, 0) is 4.79 Å². The van der Waals surface area contributed by atoms with E-state index < -0.39 is 0 Å². The van der Waals surface area contributed by atoms with Crippen molar-refractivity contribution in [3.8, 4) is 0 Å². The van der Waals surface area contributed by atoms with Crippen molar-refractivity contribution in [1.29, 1.82) is 0 Å². The summed E-state index contributed by atoms with van der Waals surface area (Å²) in [5.41, 5.74) is 5.20. The highest BCUT2D eigenvalue weighted by atomic mass is 16.1. The van der Waals surface area contributed by atoms with Crippen molar-refractivity contribution in [2.24, 2.45) is 11.7 Å². The molecule has 0 spiro atoms. The minimum Gasteiger partial charge on any atom is -0.369 e. The summed E-state index contributed by atoms with van der Waals surface area (Å²) in [4.78, 5) is 12.9. The quantitative estimate of drug-likeness (QED) is 0.560. The molecule has 1 saturated heterocycles. The van der Waals surface area contributed by atoms with Crippen molar-refractivity contribution < 1.29 is 4.79 Å². The van der Waals surface area contributed by atoms with Gasteiger partial charge in [0.15, 0.2) is 0 Å². The molecule has 1 fully saturated rings. The van der Waals surface area contributed by atoms with Crippen LogP contribution in [0.3, 0.4) is 0 Å². The summed E-state index contributed by atoms with van der Waals surface area (Å²) in [5.74, 6) is -0.0866. The van der Waals surface area contributed by atoms with Crippen molar-refractivity contribution >= 4 is 13.3 Å². The minimum atomic E-state index is -0.156. The van der Waals surface area contributed by atoms with Gasteiger partial charge >= 0.3 is 0 Å². The van der Waals surface area contributed by atoms with Gasteiger partial charge in [0.2, 0.25) is 13.3 Å². The number of piperidine rings is 1. The molecule has 3 nitrogen and oxygen atoms in total. The van der Waals surface area contributed by atoms with E-state index in [2.05, 4.69) is 4.81 Å². The first-order valence-electron chi connectivity index (χ1n) is 4.07. The van der Waals surface area contributed by atoms with Crippen molar-refractivity contribution in [3.05, 3.63) is 0 Å². The molecule has 61 valence electrons. The Labute approximate surface area is 68.2 Å². The molecule has 11 heavy (non-hydrogen) atoms. The Kier molecular flexibility index (Phi) is 2.94. The molecule has 0 aromatic carbocycles. The van der Waals surface area contributed by atoms with Gasteiger partial charge in [-0.3, -0.25) is 4.79 Å². The summed E-state index contributed by atoms with van der Waals surface area (Å²) in [7, 11) is 2.02. The molecule has 4 heteroatoms. The molecule has 0 bridgehead atoms. The van der Waals surface area contributed by atoms with Crippen LogP contribution >= 0.6 is 0 Å². The van der Waals surface area contributed by atoms with Crippen molar-refractivity contribution in [3.63, 3.8) is 0 Å². The van der Waals surface area contributed by atoms with Crippen LogP contribution in [0.15, 0.2) is 0 Å². The third-order valence-corrected chi connectivity index (χ3v) is 2.22. The molecule has 1 aliphatic rings. The summed E-state index contributed by atoms with van der Waals surface area (Å²) in [6.07, 6.45) is 2.04. The normalized spacial score (nSPS) is 26.5. The van der Waals surface area contributed by atoms with Gasteiger partial charge < -0.3 is 10.5 Å². The zero-order valence-electron chi connectivity index (χ0n) is 6.92. The lowest BCUT2D eigenvalue weighted by Crippen LogP contribution is -2.42. The second-order valence-electron chi connectivity index (χ2n) is 2.99. The summed E-state index contributed by atoms with van der Waals surface area (Å²) < 4.78 is 0. The lowest BCUT2D eigenvalue weighted by atomic mass is 9.87. The largest absolute Gasteiger partial charge is 0.369 e. The fourth-order valence-electron chi connectivity index (χ4n) is 1.47. The van der Waals surface area contributed by atoms with Crippen LogP contribution in [0, 0.1) is 5.92 Å². The Morgan fingerprint density at radius 2 is 2.45 bits per heavy atom. The molecule has 1 atom stereocenters. The van der Waals surface area contributed by atoms with Crippen molar-refractivity contribution in [2.75, 3.05) is 13.1 Å². The topological polar surface area (TPSA) is 46.3 Å². The minimum absolute atomic E-state index is 0.0694. The zero-order valence-corrected chi connectivity index (χ0v) is 6.92. The van der Waals surface area contributed by atoms with E-state index in [9.17, 15) is 4.79 Å². The molecule has 1 rings (SSSR count). The number of nitrogens with two attached hydrogens (primary N) is 1. The summed E-state index contributed by atoms with van der Waals surface area (Å²) in [6, 6.07) is 0. The summed E-state index contributed by atoms with van der Waals surface area (Å²) in [5, 5.41) is 0. The van der Waals surface area contributed by atoms with E-state index in [1.165, 1.54) is 0 Å². The second-order valence-corrected chi connectivity index (χ2v) is 2.99. The maximum atomic E-state index is 10.8. The Balaban J connectivity index is 2.39. The Morgan fingerprint density at radius 1 is 1.73 bits per heavy atom. The number of rotatable bonds is 2. The molecule has 0 aromatic rings. The molecule has 0 saturated carbocycles. The van der Waals surface area contributed by atoms with Crippen molar-refractivity contribution in [1.82, 2.24) is 4.81 Å². The number of amides is 1. The number of hydrogen-bond acceptors (Lipinski definition) is 2. The Morgan fingerprint density at radius 3 is 3.00 bits per heavy atom. The van der Waals surface area contributed by atoms with Gasteiger partial charge in [-0.1, -0.05) is 6.82 Å². The van der Waals surface area contributed by atoms with Gasteiger partial charge in [0, 0.05) is 5.92 Å². The first-order valence-corrected chi connectivity index (χ1v) is 4.07. The maximum absolute atomic E-state index is 10.8. The van der Waals surface area contributed by atoms with E-state index in [1.807, 2.05) is 14.2 Å². The van der Waals surface area contributed by atoms with Crippen LogP contribution in [-0.4, -0.2) is 31.2 Å². The average molecular weight is 153 g/mol. The van der Waals surface area contributed by atoms with Gasteiger partial charge in [-0.05, 0) is 25.9 Å². The van der Waals surface area contributed by atoms with Gasteiger partial charge in [0.05, 0.1) is 0 Å². The lowest BCUT2D eigenvalue weighted by Gasteiger charge is -2.29. The van der Waals surface area contributed by atoms with E-state index in [0.29, 0.717) is 0 Å². The van der Waals surface area contributed by atoms with Crippen molar-refractivity contribution in [2.45, 2.75) is 19.7 Å². The molecular formula is C7H14BN2O. The SMILES string of the molecule is C[B]N1CCCC(C(N)=O)C1. The van der Waals surface area contributed by atoms with Gasteiger partial charge in [-0.25, -0.2) is 0 Å². The fraction of sp³-hybridized carbons (Fsp3) is 0.857. The summed E-state index contributed by atoms with van der Waals surface area (Å²) >= 11 is 0. The highest BCUT2D eigenvalue weighted by Crippen LogP contribution is 2.14. The standard InChI is InChI=1S/C7H14BN2O/c1-8-10-4-2-3-6(5-10)7(9)11/h6H,2-5H2,1H3,(H2,9,11). The first kappa shape index (κ1) is 8.59. The van der Waals surface area contributed by atoms with E-state index in [-0.39, 0.29) is 11.8 Å². The van der Waals surface area contributed by atoms with Gasteiger partial charge in [-0.2, -0.15) is 0 Å². The molecule has 1 amide bonds. The van der Waals surface area contributed by atoms with Crippen LogP contribution in [0.25, 0.3) is 0 Å². The molecule has 1 aliphatic heterocycles. The van der Waals surface area contributed by atoms with E-state index in [0.717, 1.165) is 25.9 Å². The second kappa shape index (κ2) is 3.76. The monoisotopic (exact) mass is 153 g/mol. The summed E-state index contributed by atoms with van der Waals surface area (Å²) in [6.45, 7) is 3.87. The van der Waals surface area contributed by atoms with Crippen LogP contribution in [0.1, 0.15) is 12.8 Å². The molecule has 1 heterocycles. The maximum Gasteiger partial charge on any atom is 0.221 e. The molecule has 2 N–H and O–H groups in total. The predicted octanol–water partition coefficient (Wildman–Crippen LogP) is -0.149. The number of carbonyl (C=O) groups is 1. The van der Waals surface area contributed by atoms with E-state index in [1.54, 1.807) is 0 Å². The lowest BCUT2D eigenvalue weighted by molar-refractivity contribution is -0.122. The molecule has 0 aliphatic carbocycles.